The lowest BCUT2D eigenvalue weighted by Crippen LogP contribution is -2.66. The quantitative estimate of drug-likeness (QED) is 0.0802. The summed E-state index contributed by atoms with van der Waals surface area (Å²) < 4.78 is 21.5. The normalized spacial score (nSPS) is 19.8. The topological polar surface area (TPSA) is 27.7 Å². The Labute approximate surface area is 266 Å². The van der Waals surface area contributed by atoms with Gasteiger partial charge in [0.1, 0.15) is 0 Å². The number of benzene rings is 2. The highest BCUT2D eigenvalue weighted by atomic mass is 127. The SMILES string of the molecule is C=C(I)[C@H](C)C[C@@H](CC[C@@H]1O[C@@H](CCCO[Si](c2ccccc2)(c2ccccc2)C(C)(C)C)CC1=C)O[Si](C)(C)C. The van der Waals surface area contributed by atoms with Crippen molar-refractivity contribution in [2.24, 2.45) is 5.92 Å². The van der Waals surface area contributed by atoms with E-state index < -0.39 is 16.6 Å². The first-order valence-corrected chi connectivity index (χ1v) is 21.7. The van der Waals surface area contributed by atoms with Gasteiger partial charge in [0.2, 0.25) is 0 Å². The van der Waals surface area contributed by atoms with Crippen molar-refractivity contribution in [1.29, 1.82) is 0 Å². The van der Waals surface area contributed by atoms with Crippen LogP contribution in [-0.2, 0) is 13.6 Å². The van der Waals surface area contributed by atoms with Crippen LogP contribution in [0, 0.1) is 5.92 Å². The zero-order chi connectivity index (χ0) is 30.3. The lowest BCUT2D eigenvalue weighted by molar-refractivity contribution is 0.0311. The monoisotopic (exact) mass is 704 g/mol. The highest BCUT2D eigenvalue weighted by Crippen LogP contribution is 2.37. The highest BCUT2D eigenvalue weighted by Gasteiger charge is 2.50. The van der Waals surface area contributed by atoms with Gasteiger partial charge in [-0.1, -0.05) is 102 Å². The molecule has 0 amide bonds. The summed E-state index contributed by atoms with van der Waals surface area (Å²) in [6.07, 6.45) is 6.52. The van der Waals surface area contributed by atoms with Crippen molar-refractivity contribution in [2.45, 2.75) is 109 Å². The van der Waals surface area contributed by atoms with Gasteiger partial charge in [-0.2, -0.15) is 0 Å². The second kappa shape index (κ2) is 15.1. The van der Waals surface area contributed by atoms with Crippen molar-refractivity contribution in [1.82, 2.24) is 0 Å². The van der Waals surface area contributed by atoms with Gasteiger partial charge >= 0.3 is 0 Å². The molecule has 0 aromatic heterocycles. The lowest BCUT2D eigenvalue weighted by atomic mass is 9.97. The van der Waals surface area contributed by atoms with Crippen LogP contribution in [0.5, 0.6) is 0 Å². The van der Waals surface area contributed by atoms with E-state index in [-0.39, 0.29) is 23.4 Å². The van der Waals surface area contributed by atoms with Crippen molar-refractivity contribution in [2.75, 3.05) is 6.61 Å². The molecule has 0 spiro atoms. The van der Waals surface area contributed by atoms with Crippen molar-refractivity contribution >= 4 is 49.6 Å². The third-order valence-electron chi connectivity index (χ3n) is 8.13. The van der Waals surface area contributed by atoms with E-state index in [0.717, 1.165) is 45.1 Å². The van der Waals surface area contributed by atoms with Crippen LogP contribution >= 0.6 is 22.6 Å². The maximum atomic E-state index is 7.10. The molecule has 1 fully saturated rings. The molecule has 0 saturated carbocycles. The summed E-state index contributed by atoms with van der Waals surface area (Å²) in [6, 6.07) is 21.8. The molecule has 3 rings (SSSR count). The van der Waals surface area contributed by atoms with E-state index in [1.54, 1.807) is 0 Å². The van der Waals surface area contributed by atoms with Gasteiger partial charge in [-0.25, -0.2) is 0 Å². The molecule has 3 nitrogen and oxygen atoms in total. The van der Waals surface area contributed by atoms with Crippen LogP contribution in [-0.4, -0.2) is 41.6 Å². The zero-order valence-corrected chi connectivity index (χ0v) is 30.7. The van der Waals surface area contributed by atoms with E-state index in [2.05, 4.69) is 144 Å². The van der Waals surface area contributed by atoms with Crippen LogP contribution in [0.3, 0.4) is 0 Å². The fraction of sp³-hybridized carbons (Fsp3) is 0.543. The molecule has 41 heavy (non-hydrogen) atoms. The maximum Gasteiger partial charge on any atom is 0.261 e. The largest absolute Gasteiger partial charge is 0.415 e. The fourth-order valence-corrected chi connectivity index (χ4v) is 12.2. The molecule has 1 aliphatic rings. The average molecular weight is 705 g/mol. The molecule has 1 heterocycles. The summed E-state index contributed by atoms with van der Waals surface area (Å²) >= 11 is 2.36. The first-order valence-electron chi connectivity index (χ1n) is 15.3. The molecule has 0 bridgehead atoms. The van der Waals surface area contributed by atoms with Gasteiger partial charge < -0.3 is 13.6 Å². The van der Waals surface area contributed by atoms with Crippen LogP contribution in [0.15, 0.2) is 83.0 Å². The molecule has 1 aliphatic heterocycles. The Morgan fingerprint density at radius 2 is 1.56 bits per heavy atom. The molecule has 226 valence electrons. The predicted molar refractivity (Wildman–Crippen MR) is 190 cm³/mol. The van der Waals surface area contributed by atoms with Gasteiger partial charge in [-0.05, 0) is 111 Å². The second-order valence-electron chi connectivity index (χ2n) is 13.8. The summed E-state index contributed by atoms with van der Waals surface area (Å²) in [5, 5.41) is 2.66. The third kappa shape index (κ3) is 9.73. The van der Waals surface area contributed by atoms with E-state index in [0.29, 0.717) is 5.92 Å². The summed E-state index contributed by atoms with van der Waals surface area (Å²) in [5.74, 6) is 0.452. The molecule has 6 heteroatoms. The van der Waals surface area contributed by atoms with Gasteiger partial charge in [-0.15, -0.1) is 0 Å². The molecule has 2 aromatic carbocycles. The van der Waals surface area contributed by atoms with Gasteiger partial charge in [-0.3, -0.25) is 0 Å². The summed E-state index contributed by atoms with van der Waals surface area (Å²) in [6.45, 7) is 25.4. The standard InChI is InChI=1S/C35H53IO3Si2/c1-27(29(3)36)25-31(39-40(7,8)9)22-23-34-28(2)26-30(38-34)17-16-24-37-41(35(4,5)6,32-18-12-10-13-19-32)33-20-14-11-15-21-33/h10-15,18-21,27,30-31,34H,2-3,16-17,22-26H2,1,4-9H3/t27-,30+,31-,34+/m1/s1. The molecular weight excluding hydrogens is 651 g/mol. The second-order valence-corrected chi connectivity index (χ2v) is 23.9. The zero-order valence-electron chi connectivity index (χ0n) is 26.5. The number of allylic oxidation sites excluding steroid dienone is 1. The van der Waals surface area contributed by atoms with E-state index >= 15 is 0 Å². The van der Waals surface area contributed by atoms with E-state index in [9.17, 15) is 0 Å². The van der Waals surface area contributed by atoms with E-state index in [4.69, 9.17) is 13.6 Å². The molecule has 0 aliphatic carbocycles. The summed E-state index contributed by atoms with van der Waals surface area (Å²) in [4.78, 5) is 0. The number of rotatable bonds is 15. The van der Waals surface area contributed by atoms with Crippen LogP contribution in [0.25, 0.3) is 0 Å². The number of hydrogen-bond donors (Lipinski definition) is 0. The molecule has 1 saturated heterocycles. The minimum absolute atomic E-state index is 0.00532. The summed E-state index contributed by atoms with van der Waals surface area (Å²) in [7, 11) is -4.13. The van der Waals surface area contributed by atoms with Crippen LogP contribution in [0.4, 0.5) is 0 Å². The van der Waals surface area contributed by atoms with Crippen molar-refractivity contribution < 1.29 is 13.6 Å². The van der Waals surface area contributed by atoms with Gasteiger partial charge in [0, 0.05) is 12.7 Å². The highest BCUT2D eigenvalue weighted by molar-refractivity contribution is 14.1. The predicted octanol–water partition coefficient (Wildman–Crippen LogP) is 9.03. The van der Waals surface area contributed by atoms with E-state index in [1.165, 1.54) is 19.5 Å². The van der Waals surface area contributed by atoms with Gasteiger partial charge in [0.05, 0.1) is 12.2 Å². The number of halogens is 1. The maximum absolute atomic E-state index is 7.10. The van der Waals surface area contributed by atoms with Gasteiger partial charge in [0.15, 0.2) is 8.32 Å². The molecule has 2 aromatic rings. The Hall–Kier alpha value is -1.04. The fourth-order valence-electron chi connectivity index (χ4n) is 6.13. The van der Waals surface area contributed by atoms with Crippen molar-refractivity contribution in [3.8, 4) is 0 Å². The lowest BCUT2D eigenvalue weighted by Gasteiger charge is -2.43. The minimum Gasteiger partial charge on any atom is -0.415 e. The van der Waals surface area contributed by atoms with Gasteiger partial charge in [0.25, 0.3) is 8.32 Å². The Morgan fingerprint density at radius 1 is 1.00 bits per heavy atom. The minimum atomic E-state index is -2.50. The Kier molecular flexibility index (Phi) is 12.7. The van der Waals surface area contributed by atoms with Crippen LogP contribution in [0.2, 0.25) is 24.7 Å². The smallest absolute Gasteiger partial charge is 0.261 e. The molecule has 4 atom stereocenters. The molecular formula is C35H53IO3Si2. The Balaban J connectivity index is 1.60. The van der Waals surface area contributed by atoms with E-state index in [1.807, 2.05) is 0 Å². The van der Waals surface area contributed by atoms with Crippen LogP contribution < -0.4 is 10.4 Å². The summed E-state index contributed by atoms with van der Waals surface area (Å²) in [5.41, 5.74) is 1.24. The third-order valence-corrected chi connectivity index (χ3v) is 15.3. The average Bonchev–Trinajstić information content (AvgIpc) is 3.25. The molecule has 0 N–H and O–H groups in total. The Morgan fingerprint density at radius 3 is 2.05 bits per heavy atom. The first kappa shape index (κ1) is 34.5. The van der Waals surface area contributed by atoms with Crippen LogP contribution in [0.1, 0.15) is 66.2 Å². The number of hydrogen-bond acceptors (Lipinski definition) is 3. The Bertz CT molecular complexity index is 1070. The first-order chi connectivity index (χ1) is 19.2. The number of ether oxygens (including phenoxy) is 1. The molecule has 0 unspecified atom stereocenters. The van der Waals surface area contributed by atoms with Crippen molar-refractivity contribution in [3.63, 3.8) is 0 Å². The van der Waals surface area contributed by atoms with Crippen molar-refractivity contribution in [3.05, 3.63) is 83.0 Å². The molecule has 0 radical (unpaired) electrons.